The Labute approximate surface area is 104 Å². The minimum absolute atomic E-state index is 0.230. The van der Waals surface area contributed by atoms with Gasteiger partial charge in [-0.15, -0.1) is 11.6 Å². The highest BCUT2D eigenvalue weighted by molar-refractivity contribution is 6.32. The van der Waals surface area contributed by atoms with Gasteiger partial charge in [-0.2, -0.15) is 5.10 Å². The highest BCUT2D eigenvalue weighted by Crippen LogP contribution is 2.19. The summed E-state index contributed by atoms with van der Waals surface area (Å²) in [5.41, 5.74) is 1.50. The Balaban J connectivity index is 2.32. The zero-order chi connectivity index (χ0) is 12.3. The number of alkyl halides is 1. The summed E-state index contributed by atoms with van der Waals surface area (Å²) in [5, 5.41) is 6.33. The molecule has 1 N–H and O–H groups in total. The quantitative estimate of drug-likeness (QED) is 0.850. The van der Waals surface area contributed by atoms with E-state index in [1.54, 1.807) is 17.8 Å². The summed E-state index contributed by atoms with van der Waals surface area (Å²) in [6, 6.07) is 9.25. The first-order valence-corrected chi connectivity index (χ1v) is 5.66. The second-order valence-corrected chi connectivity index (χ2v) is 4.23. The van der Waals surface area contributed by atoms with E-state index in [-0.39, 0.29) is 5.91 Å². The Morgan fingerprint density at radius 1 is 1.41 bits per heavy atom. The predicted molar refractivity (Wildman–Crippen MR) is 67.5 cm³/mol. The zero-order valence-electron chi connectivity index (χ0n) is 9.30. The number of aromatic nitrogens is 2. The molecule has 1 heterocycles. The first kappa shape index (κ1) is 11.7. The number of nitrogens with one attached hydrogen (secondary N) is 1. The Bertz CT molecular complexity index is 508. The van der Waals surface area contributed by atoms with Crippen LogP contribution in [0.3, 0.4) is 0 Å². The number of rotatable bonds is 3. The van der Waals surface area contributed by atoms with Gasteiger partial charge in [0.25, 0.3) is 0 Å². The average Bonchev–Trinajstić information content (AvgIpc) is 2.83. The number of hydrogen-bond donors (Lipinski definition) is 1. The normalized spacial score (nSPS) is 12.1. The van der Waals surface area contributed by atoms with Gasteiger partial charge in [-0.1, -0.05) is 12.1 Å². The van der Waals surface area contributed by atoms with Crippen LogP contribution in [-0.4, -0.2) is 21.1 Å². The van der Waals surface area contributed by atoms with Crippen LogP contribution in [0.25, 0.3) is 5.69 Å². The molecule has 0 radical (unpaired) electrons. The van der Waals surface area contributed by atoms with Crippen molar-refractivity contribution in [2.24, 2.45) is 0 Å². The van der Waals surface area contributed by atoms with Crippen molar-refractivity contribution in [3.8, 4) is 5.69 Å². The van der Waals surface area contributed by atoms with Crippen molar-refractivity contribution in [1.29, 1.82) is 0 Å². The Kier molecular flexibility index (Phi) is 3.44. The first-order valence-electron chi connectivity index (χ1n) is 5.22. The van der Waals surface area contributed by atoms with E-state index in [1.165, 1.54) is 0 Å². The van der Waals surface area contributed by atoms with Crippen molar-refractivity contribution in [1.82, 2.24) is 9.78 Å². The number of carbonyl (C=O) groups excluding carboxylic acids is 1. The number of nitrogens with zero attached hydrogens (tertiary/aromatic N) is 2. The molecule has 0 aliphatic carbocycles. The number of hydrogen-bond acceptors (Lipinski definition) is 2. The Morgan fingerprint density at radius 2 is 2.18 bits per heavy atom. The smallest absolute Gasteiger partial charge is 0.242 e. The molecule has 0 spiro atoms. The highest BCUT2D eigenvalue weighted by Gasteiger charge is 2.12. The van der Waals surface area contributed by atoms with Gasteiger partial charge in [-0.05, 0) is 25.1 Å². The van der Waals surface area contributed by atoms with Gasteiger partial charge in [-0.25, -0.2) is 4.68 Å². The summed E-state index contributed by atoms with van der Waals surface area (Å²) in [6.45, 7) is 1.63. The van der Waals surface area contributed by atoms with Crippen molar-refractivity contribution in [2.75, 3.05) is 5.32 Å². The van der Waals surface area contributed by atoms with Crippen molar-refractivity contribution in [3.05, 3.63) is 42.7 Å². The van der Waals surface area contributed by atoms with Gasteiger partial charge >= 0.3 is 0 Å². The maximum absolute atomic E-state index is 11.6. The average molecular weight is 250 g/mol. The summed E-state index contributed by atoms with van der Waals surface area (Å²) in [7, 11) is 0. The van der Waals surface area contributed by atoms with E-state index in [9.17, 15) is 4.79 Å². The molecular weight excluding hydrogens is 238 g/mol. The van der Waals surface area contributed by atoms with E-state index in [4.69, 9.17) is 11.6 Å². The van der Waals surface area contributed by atoms with Gasteiger partial charge in [-0.3, -0.25) is 4.79 Å². The Morgan fingerprint density at radius 3 is 2.82 bits per heavy atom. The first-order chi connectivity index (χ1) is 8.18. The third-order valence-corrected chi connectivity index (χ3v) is 2.47. The van der Waals surface area contributed by atoms with Crippen LogP contribution in [0.4, 0.5) is 5.69 Å². The molecule has 1 unspecified atom stereocenters. The number of para-hydroxylation sites is 2. The lowest BCUT2D eigenvalue weighted by atomic mass is 10.2. The molecule has 17 heavy (non-hydrogen) atoms. The molecule has 4 nitrogen and oxygen atoms in total. The fourth-order valence-electron chi connectivity index (χ4n) is 1.42. The molecule has 0 saturated carbocycles. The van der Waals surface area contributed by atoms with Gasteiger partial charge in [0.1, 0.15) is 5.38 Å². The maximum Gasteiger partial charge on any atom is 0.242 e. The van der Waals surface area contributed by atoms with Crippen LogP contribution < -0.4 is 5.32 Å². The van der Waals surface area contributed by atoms with Crippen molar-refractivity contribution in [3.63, 3.8) is 0 Å². The third kappa shape index (κ3) is 2.65. The Hall–Kier alpha value is -1.81. The van der Waals surface area contributed by atoms with Gasteiger partial charge < -0.3 is 5.32 Å². The minimum Gasteiger partial charge on any atom is -0.323 e. The minimum atomic E-state index is -0.569. The van der Waals surface area contributed by atoms with Gasteiger partial charge in [0.05, 0.1) is 11.4 Å². The SMILES string of the molecule is CC(Cl)C(=O)Nc1ccccc1-n1cccn1. The van der Waals surface area contributed by atoms with E-state index in [1.807, 2.05) is 36.5 Å². The second kappa shape index (κ2) is 5.01. The molecule has 1 amide bonds. The molecule has 0 aliphatic heterocycles. The van der Waals surface area contributed by atoms with Crippen molar-refractivity contribution in [2.45, 2.75) is 12.3 Å². The van der Waals surface area contributed by atoms with Crippen molar-refractivity contribution < 1.29 is 4.79 Å². The fraction of sp³-hybridized carbons (Fsp3) is 0.167. The summed E-state index contributed by atoms with van der Waals surface area (Å²) in [4.78, 5) is 11.6. The third-order valence-electron chi connectivity index (χ3n) is 2.27. The van der Waals surface area contributed by atoms with E-state index in [0.29, 0.717) is 5.69 Å². The van der Waals surface area contributed by atoms with E-state index in [2.05, 4.69) is 10.4 Å². The van der Waals surface area contributed by atoms with Gasteiger partial charge in [0, 0.05) is 12.4 Å². The number of anilines is 1. The molecule has 1 atom stereocenters. The van der Waals surface area contributed by atoms with Crippen LogP contribution in [0, 0.1) is 0 Å². The van der Waals surface area contributed by atoms with E-state index < -0.39 is 5.38 Å². The topological polar surface area (TPSA) is 46.9 Å². The van der Waals surface area contributed by atoms with Crippen LogP contribution >= 0.6 is 11.6 Å². The van der Waals surface area contributed by atoms with Crippen molar-refractivity contribution >= 4 is 23.2 Å². The van der Waals surface area contributed by atoms with Crippen LogP contribution in [0.15, 0.2) is 42.7 Å². The van der Waals surface area contributed by atoms with Crippen LogP contribution in [0.5, 0.6) is 0 Å². The highest BCUT2D eigenvalue weighted by atomic mass is 35.5. The lowest BCUT2D eigenvalue weighted by molar-refractivity contribution is -0.115. The summed E-state index contributed by atoms with van der Waals surface area (Å²) >= 11 is 5.72. The standard InChI is InChI=1S/C12H12ClN3O/c1-9(13)12(17)15-10-5-2-3-6-11(10)16-8-4-7-14-16/h2-9H,1H3,(H,15,17). The zero-order valence-corrected chi connectivity index (χ0v) is 10.1. The summed E-state index contributed by atoms with van der Waals surface area (Å²) in [6.07, 6.45) is 3.50. The number of carbonyl (C=O) groups is 1. The number of amides is 1. The second-order valence-electron chi connectivity index (χ2n) is 3.57. The molecular formula is C12H12ClN3O. The molecule has 2 aromatic rings. The fourth-order valence-corrected chi connectivity index (χ4v) is 1.48. The molecule has 0 fully saturated rings. The van der Waals surface area contributed by atoms with Crippen LogP contribution in [0.2, 0.25) is 0 Å². The van der Waals surface area contributed by atoms with Gasteiger partial charge in [0.15, 0.2) is 0 Å². The number of halogens is 1. The lowest BCUT2D eigenvalue weighted by Gasteiger charge is -2.11. The summed E-state index contributed by atoms with van der Waals surface area (Å²) < 4.78 is 1.69. The van der Waals surface area contributed by atoms with Crippen LogP contribution in [0.1, 0.15) is 6.92 Å². The van der Waals surface area contributed by atoms with E-state index >= 15 is 0 Å². The number of benzene rings is 1. The molecule has 5 heteroatoms. The molecule has 1 aromatic heterocycles. The lowest BCUT2D eigenvalue weighted by Crippen LogP contribution is -2.21. The predicted octanol–water partition coefficient (Wildman–Crippen LogP) is 2.44. The molecule has 0 aliphatic rings. The monoisotopic (exact) mass is 249 g/mol. The molecule has 0 saturated heterocycles. The molecule has 1 aromatic carbocycles. The van der Waals surface area contributed by atoms with Gasteiger partial charge in [0.2, 0.25) is 5.91 Å². The maximum atomic E-state index is 11.6. The molecule has 0 bridgehead atoms. The molecule has 2 rings (SSSR count). The largest absolute Gasteiger partial charge is 0.323 e. The summed E-state index contributed by atoms with van der Waals surface area (Å²) in [5.74, 6) is -0.230. The van der Waals surface area contributed by atoms with E-state index in [0.717, 1.165) is 5.69 Å². The van der Waals surface area contributed by atoms with Crippen LogP contribution in [-0.2, 0) is 4.79 Å². The molecule has 88 valence electrons.